The Bertz CT molecular complexity index is 997. The predicted molar refractivity (Wildman–Crippen MR) is 150 cm³/mol. The van der Waals surface area contributed by atoms with Gasteiger partial charge in [-0.2, -0.15) is 0 Å². The number of hydrogen-bond donors (Lipinski definition) is 7. The van der Waals surface area contributed by atoms with Gasteiger partial charge in [-0.3, -0.25) is 16.2 Å². The second-order valence-electron chi connectivity index (χ2n) is 10.1. The second kappa shape index (κ2) is 14.2. The van der Waals surface area contributed by atoms with E-state index in [9.17, 15) is 10.2 Å². The maximum absolute atomic E-state index is 11.1. The maximum Gasteiger partial charge on any atom is 0.149 e. The van der Waals surface area contributed by atoms with Crippen LogP contribution in [0.1, 0.15) is 55.5 Å². The van der Waals surface area contributed by atoms with E-state index in [0.29, 0.717) is 12.2 Å². The Labute approximate surface area is 224 Å². The molecule has 7 N–H and O–H groups in total. The minimum atomic E-state index is -0.889. The first-order chi connectivity index (χ1) is 18.0. The first kappa shape index (κ1) is 27.9. The van der Waals surface area contributed by atoms with Gasteiger partial charge >= 0.3 is 0 Å². The van der Waals surface area contributed by atoms with Gasteiger partial charge in [0, 0.05) is 55.3 Å². The molecule has 9 heteroatoms. The van der Waals surface area contributed by atoms with Crippen LogP contribution in [0, 0.1) is 5.92 Å². The number of rotatable bonds is 10. The van der Waals surface area contributed by atoms with Crippen LogP contribution in [-0.2, 0) is 6.54 Å². The van der Waals surface area contributed by atoms with Gasteiger partial charge in [0.25, 0.3) is 0 Å². The van der Waals surface area contributed by atoms with Crippen molar-refractivity contribution < 1.29 is 10.2 Å². The third kappa shape index (κ3) is 8.19. The van der Waals surface area contributed by atoms with Crippen molar-refractivity contribution in [3.05, 3.63) is 76.5 Å². The van der Waals surface area contributed by atoms with Gasteiger partial charge in [-0.1, -0.05) is 50.3 Å². The highest BCUT2D eigenvalue weighted by Gasteiger charge is 2.27. The minimum absolute atomic E-state index is 0.0863. The quantitative estimate of drug-likeness (QED) is 0.184. The molecule has 0 aromatic carbocycles. The van der Waals surface area contributed by atoms with Crippen LogP contribution in [-0.4, -0.2) is 53.0 Å². The molecule has 0 bridgehead atoms. The summed E-state index contributed by atoms with van der Waals surface area (Å²) in [5.41, 5.74) is 10.3. The van der Waals surface area contributed by atoms with Crippen LogP contribution in [0.25, 0.3) is 0 Å². The molecule has 2 fully saturated rings. The van der Waals surface area contributed by atoms with Gasteiger partial charge in [0.15, 0.2) is 0 Å². The molecule has 3 heterocycles. The number of hydrogen-bond acceptors (Lipinski definition) is 9. The van der Waals surface area contributed by atoms with Gasteiger partial charge in [-0.15, -0.1) is 11.3 Å². The van der Waals surface area contributed by atoms with Crippen molar-refractivity contribution in [2.45, 2.75) is 69.5 Å². The average Bonchev–Trinajstić information content (AvgIpc) is 3.61. The highest BCUT2D eigenvalue weighted by atomic mass is 32.1. The molecule has 0 spiro atoms. The van der Waals surface area contributed by atoms with Gasteiger partial charge in [0.2, 0.25) is 0 Å². The Hall–Kier alpha value is -2.11. The zero-order chi connectivity index (χ0) is 26.0. The maximum atomic E-state index is 11.1. The molecule has 1 aromatic heterocycles. The lowest BCUT2D eigenvalue weighted by molar-refractivity contribution is 0.0901. The van der Waals surface area contributed by atoms with E-state index in [1.165, 1.54) is 16.9 Å². The molecule has 4 unspecified atom stereocenters. The molecule has 1 saturated heterocycles. The SMILES string of the molecule is C=CC(=C\C(NC(O)c1csc(CNC2CCCCC2O)n1)C1CNNC1)/C1=C/C=C\C(=C)NCCC1. The molecule has 0 amide bonds. The summed E-state index contributed by atoms with van der Waals surface area (Å²) in [6, 6.07) is 0.0331. The van der Waals surface area contributed by atoms with Gasteiger partial charge in [-0.25, -0.2) is 4.98 Å². The molecule has 4 atom stereocenters. The van der Waals surface area contributed by atoms with E-state index in [1.54, 1.807) is 0 Å². The van der Waals surface area contributed by atoms with E-state index in [1.807, 2.05) is 23.6 Å². The second-order valence-corrected chi connectivity index (χ2v) is 11.0. The van der Waals surface area contributed by atoms with Crippen LogP contribution >= 0.6 is 11.3 Å². The van der Waals surface area contributed by atoms with Crippen molar-refractivity contribution in [2.75, 3.05) is 19.6 Å². The van der Waals surface area contributed by atoms with Gasteiger partial charge < -0.3 is 20.8 Å². The zero-order valence-corrected chi connectivity index (χ0v) is 22.4. The molecule has 2 aliphatic heterocycles. The van der Waals surface area contributed by atoms with Gasteiger partial charge in [-0.05, 0) is 42.9 Å². The lowest BCUT2D eigenvalue weighted by atomic mass is 9.93. The molecule has 8 nitrogen and oxygen atoms in total. The van der Waals surface area contributed by atoms with E-state index >= 15 is 0 Å². The van der Waals surface area contributed by atoms with E-state index in [0.717, 1.165) is 74.4 Å². The van der Waals surface area contributed by atoms with E-state index in [-0.39, 0.29) is 24.1 Å². The number of nitrogens with zero attached hydrogens (tertiary/aromatic N) is 1. The monoisotopic (exact) mass is 526 g/mol. The smallest absolute Gasteiger partial charge is 0.149 e. The highest BCUT2D eigenvalue weighted by molar-refractivity contribution is 7.09. The third-order valence-corrected chi connectivity index (χ3v) is 8.19. The summed E-state index contributed by atoms with van der Waals surface area (Å²) >= 11 is 1.53. The normalized spacial score (nSPS) is 27.8. The number of hydrazine groups is 1. The molecule has 37 heavy (non-hydrogen) atoms. The summed E-state index contributed by atoms with van der Waals surface area (Å²) < 4.78 is 0. The molecular formula is C28H42N6O2S. The third-order valence-electron chi connectivity index (χ3n) is 7.33. The first-order valence-corrected chi connectivity index (χ1v) is 14.3. The largest absolute Gasteiger partial charge is 0.392 e. The molecule has 4 rings (SSSR count). The molecule has 202 valence electrons. The fourth-order valence-corrected chi connectivity index (χ4v) is 5.87. The number of thiazole rings is 1. The summed E-state index contributed by atoms with van der Waals surface area (Å²) in [5, 5.41) is 34.3. The van der Waals surface area contributed by atoms with Gasteiger partial charge in [0.1, 0.15) is 11.2 Å². The number of aliphatic hydroxyl groups excluding tert-OH is 2. The van der Waals surface area contributed by atoms with Crippen LogP contribution in [0.3, 0.4) is 0 Å². The fourth-order valence-electron chi connectivity index (χ4n) is 5.11. The van der Waals surface area contributed by atoms with E-state index < -0.39 is 6.23 Å². The van der Waals surface area contributed by atoms with Crippen LogP contribution in [0.4, 0.5) is 0 Å². The minimum Gasteiger partial charge on any atom is -0.392 e. The predicted octanol–water partition coefficient (Wildman–Crippen LogP) is 2.70. The lowest BCUT2D eigenvalue weighted by Crippen LogP contribution is -2.41. The molecule has 0 radical (unpaired) electrons. The highest BCUT2D eigenvalue weighted by Crippen LogP contribution is 2.24. The standard InChI is InChI=1S/C28H42N6O2S/c1-3-20(21-9-6-8-19(2)29-13-7-10-21)14-24(22-15-31-32-16-22)34-28(36)25-18-37-27(33-25)17-30-23-11-4-5-12-26(23)35/h3,6,8-9,14,18,22-24,26,28-32,34-36H,1-2,4-5,7,10-13,15-17H2/b8-6-,20-14+,21-9+. The van der Waals surface area contributed by atoms with Crippen molar-refractivity contribution >= 4 is 11.3 Å². The Balaban J connectivity index is 1.44. The van der Waals surface area contributed by atoms with Crippen LogP contribution in [0.2, 0.25) is 0 Å². The molecule has 3 aliphatic rings. The summed E-state index contributed by atoms with van der Waals surface area (Å²) in [5.74, 6) is 0.256. The van der Waals surface area contributed by atoms with E-state index in [2.05, 4.69) is 57.1 Å². The summed E-state index contributed by atoms with van der Waals surface area (Å²) in [6.07, 6.45) is 15.1. The Morgan fingerprint density at radius 1 is 1.24 bits per heavy atom. The van der Waals surface area contributed by atoms with E-state index in [4.69, 9.17) is 0 Å². The van der Waals surface area contributed by atoms with Crippen LogP contribution in [0.15, 0.2) is 65.8 Å². The topological polar surface area (TPSA) is 114 Å². The summed E-state index contributed by atoms with van der Waals surface area (Å²) in [6.45, 7) is 11.2. The zero-order valence-electron chi connectivity index (χ0n) is 21.6. The van der Waals surface area contributed by atoms with Gasteiger partial charge in [0.05, 0.1) is 11.8 Å². The fraction of sp³-hybridized carbons (Fsp3) is 0.536. The molecule has 1 aromatic rings. The average molecular weight is 527 g/mol. The summed E-state index contributed by atoms with van der Waals surface area (Å²) in [4.78, 5) is 4.68. The number of allylic oxidation sites excluding steroid dienone is 6. The van der Waals surface area contributed by atoms with Crippen LogP contribution < -0.4 is 26.8 Å². The Morgan fingerprint density at radius 2 is 2.05 bits per heavy atom. The molecule has 1 saturated carbocycles. The Kier molecular flexibility index (Phi) is 10.7. The van der Waals surface area contributed by atoms with Crippen molar-refractivity contribution in [1.82, 2.24) is 31.8 Å². The first-order valence-electron chi connectivity index (χ1n) is 13.4. The Morgan fingerprint density at radius 3 is 2.84 bits per heavy atom. The number of aliphatic hydroxyl groups is 2. The molecule has 1 aliphatic carbocycles. The van der Waals surface area contributed by atoms with Crippen molar-refractivity contribution in [3.63, 3.8) is 0 Å². The van der Waals surface area contributed by atoms with Crippen LogP contribution in [0.5, 0.6) is 0 Å². The number of nitrogens with one attached hydrogen (secondary N) is 5. The summed E-state index contributed by atoms with van der Waals surface area (Å²) in [7, 11) is 0. The molecular weight excluding hydrogens is 484 g/mol. The number of aromatic nitrogens is 1. The van der Waals surface area contributed by atoms with Crippen molar-refractivity contribution in [2.24, 2.45) is 5.92 Å². The van der Waals surface area contributed by atoms with Crippen molar-refractivity contribution in [1.29, 1.82) is 0 Å². The van der Waals surface area contributed by atoms with Crippen molar-refractivity contribution in [3.8, 4) is 0 Å². The lowest BCUT2D eigenvalue weighted by Gasteiger charge is -2.28.